The molecule has 12 heteroatoms. The number of nitro groups is 1. The number of carbonyl (C=O) groups is 1. The highest BCUT2D eigenvalue weighted by molar-refractivity contribution is 5.75. The summed E-state index contributed by atoms with van der Waals surface area (Å²) in [6.07, 6.45) is -3.29. The Morgan fingerprint density at radius 1 is 1.27 bits per heavy atom. The fraction of sp³-hybridized carbons (Fsp3) is 0.357. The molecule has 0 saturated heterocycles. The molecule has 0 aliphatic rings. The Morgan fingerprint density at radius 3 is 2.50 bits per heavy atom. The number of nitrogens with zero attached hydrogens (tertiary/aromatic N) is 4. The van der Waals surface area contributed by atoms with E-state index in [4.69, 9.17) is 0 Å². The van der Waals surface area contributed by atoms with Crippen molar-refractivity contribution < 1.29 is 27.6 Å². The van der Waals surface area contributed by atoms with Crippen LogP contribution < -0.4 is 5.32 Å². The minimum atomic E-state index is -4.37. The smallest absolute Gasteiger partial charge is 0.390 e. The predicted octanol–water partition coefficient (Wildman–Crippen LogP) is 1.58. The lowest BCUT2D eigenvalue weighted by atomic mass is 10.1. The van der Waals surface area contributed by atoms with Crippen LogP contribution in [-0.4, -0.2) is 38.4 Å². The van der Waals surface area contributed by atoms with Crippen LogP contribution in [-0.2, 0) is 29.2 Å². The van der Waals surface area contributed by atoms with Gasteiger partial charge in [-0.25, -0.2) is 0 Å². The van der Waals surface area contributed by atoms with Crippen LogP contribution in [0.25, 0.3) is 0 Å². The van der Waals surface area contributed by atoms with E-state index in [-0.39, 0.29) is 19.7 Å². The number of carbonyl (C=O) groups excluding carboxylic acids is 1. The van der Waals surface area contributed by atoms with Crippen molar-refractivity contribution in [2.75, 3.05) is 6.61 Å². The van der Waals surface area contributed by atoms with Gasteiger partial charge in [0.25, 0.3) is 0 Å². The van der Waals surface area contributed by atoms with Gasteiger partial charge in [-0.15, -0.1) is 0 Å². The summed E-state index contributed by atoms with van der Waals surface area (Å²) in [5, 5.41) is 16.6. The number of amides is 1. The van der Waals surface area contributed by atoms with Gasteiger partial charge in [0.05, 0.1) is 6.61 Å². The molecule has 0 fully saturated rings. The van der Waals surface area contributed by atoms with Crippen LogP contribution in [0.4, 0.5) is 19.1 Å². The van der Waals surface area contributed by atoms with Gasteiger partial charge in [-0.05, 0) is 16.1 Å². The van der Waals surface area contributed by atoms with E-state index in [0.29, 0.717) is 5.56 Å². The molecule has 26 heavy (non-hydrogen) atoms. The summed E-state index contributed by atoms with van der Waals surface area (Å²) in [5.74, 6) is -1.02. The van der Waals surface area contributed by atoms with E-state index in [2.05, 4.69) is 20.1 Å². The maximum absolute atomic E-state index is 12.0. The molecule has 0 atom stereocenters. The molecule has 0 aliphatic carbocycles. The average molecular weight is 373 g/mol. The summed E-state index contributed by atoms with van der Waals surface area (Å²) in [7, 11) is 0. The van der Waals surface area contributed by atoms with Crippen LogP contribution >= 0.6 is 0 Å². The molecule has 140 valence electrons. The Labute approximate surface area is 144 Å². The molecule has 2 rings (SSSR count). The molecule has 0 saturated carbocycles. The van der Waals surface area contributed by atoms with Gasteiger partial charge in [0, 0.05) is 11.6 Å². The maximum Gasteiger partial charge on any atom is 0.490 e. The number of hydrogen-bond acceptors (Lipinski definition) is 6. The summed E-state index contributed by atoms with van der Waals surface area (Å²) in [5.41, 5.74) is 1.29. The van der Waals surface area contributed by atoms with Crippen molar-refractivity contribution in [3.63, 3.8) is 0 Å². The fourth-order valence-electron chi connectivity index (χ4n) is 1.89. The number of alkyl halides is 3. The zero-order valence-electron chi connectivity index (χ0n) is 13.3. The molecule has 0 bridgehead atoms. The summed E-state index contributed by atoms with van der Waals surface area (Å²) in [4.78, 5) is 24.9. The molecule has 1 heterocycles. The molecule has 1 aromatic heterocycles. The Morgan fingerprint density at radius 2 is 1.92 bits per heavy atom. The highest BCUT2D eigenvalue weighted by Gasteiger charge is 2.27. The lowest BCUT2D eigenvalue weighted by molar-refractivity contribution is -0.394. The van der Waals surface area contributed by atoms with Crippen molar-refractivity contribution in [2.45, 2.75) is 25.9 Å². The summed E-state index contributed by atoms with van der Waals surface area (Å²) >= 11 is 0. The molecule has 0 unspecified atom stereocenters. The van der Waals surface area contributed by atoms with Crippen LogP contribution in [0.2, 0.25) is 0 Å². The number of aromatic nitrogens is 3. The molecule has 1 aromatic carbocycles. The number of benzene rings is 1. The van der Waals surface area contributed by atoms with E-state index >= 15 is 0 Å². The van der Waals surface area contributed by atoms with Gasteiger partial charge in [-0.1, -0.05) is 29.2 Å². The first kappa shape index (κ1) is 19.3. The molecule has 1 amide bonds. The molecule has 2 aromatic rings. The van der Waals surface area contributed by atoms with Crippen LogP contribution in [0.3, 0.4) is 0 Å². The summed E-state index contributed by atoms with van der Waals surface area (Å²) in [6, 6.07) is 6.48. The Balaban J connectivity index is 1.76. The highest BCUT2D eigenvalue weighted by atomic mass is 19.4. The average Bonchev–Trinajstić information content (AvgIpc) is 3.02. The van der Waals surface area contributed by atoms with Crippen molar-refractivity contribution in [3.05, 3.63) is 51.8 Å². The van der Waals surface area contributed by atoms with E-state index < -0.39 is 29.6 Å². The van der Waals surface area contributed by atoms with E-state index in [1.54, 1.807) is 24.3 Å². The van der Waals surface area contributed by atoms with Crippen LogP contribution in [0.1, 0.15) is 11.1 Å². The van der Waals surface area contributed by atoms with Crippen molar-refractivity contribution in [2.24, 2.45) is 0 Å². The molecular weight excluding hydrogens is 359 g/mol. The monoisotopic (exact) mass is 373 g/mol. The van der Waals surface area contributed by atoms with Gasteiger partial charge in [-0.3, -0.25) is 4.79 Å². The lowest BCUT2D eigenvalue weighted by Gasteiger charge is -2.08. The number of hydrogen-bond donors (Lipinski definition) is 1. The van der Waals surface area contributed by atoms with Gasteiger partial charge in [0.15, 0.2) is 0 Å². The topological polar surface area (TPSA) is 112 Å². The number of rotatable bonds is 8. The normalized spacial score (nSPS) is 11.3. The fourth-order valence-corrected chi connectivity index (χ4v) is 1.89. The largest absolute Gasteiger partial charge is 0.490 e. The Hall–Kier alpha value is -3.02. The molecular formula is C14H14F3N5O4. The van der Waals surface area contributed by atoms with E-state index in [1.165, 1.54) is 0 Å². The molecule has 0 aliphatic heterocycles. The number of nitrogens with one attached hydrogen (secondary N) is 1. The second-order valence-corrected chi connectivity index (χ2v) is 5.20. The van der Waals surface area contributed by atoms with Crippen molar-refractivity contribution in [3.8, 4) is 0 Å². The van der Waals surface area contributed by atoms with Gasteiger partial charge >= 0.3 is 12.1 Å². The third-order valence-corrected chi connectivity index (χ3v) is 3.04. The number of halogens is 3. The van der Waals surface area contributed by atoms with Crippen molar-refractivity contribution in [1.82, 2.24) is 20.1 Å². The molecule has 9 nitrogen and oxygen atoms in total. The SMILES string of the molecule is O=C(Cn1cnc([N+](=O)[O-])n1)NCc1ccc(COCC(F)(F)F)cc1. The molecule has 0 radical (unpaired) electrons. The summed E-state index contributed by atoms with van der Waals surface area (Å²) < 4.78 is 41.5. The third kappa shape index (κ3) is 6.47. The molecule has 0 spiro atoms. The molecule has 1 N–H and O–H groups in total. The Bertz CT molecular complexity index is 761. The van der Waals surface area contributed by atoms with Gasteiger partial charge < -0.3 is 20.2 Å². The maximum atomic E-state index is 12.0. The van der Waals surface area contributed by atoms with Gasteiger partial charge in [0.2, 0.25) is 12.2 Å². The van der Waals surface area contributed by atoms with Crippen LogP contribution in [0.5, 0.6) is 0 Å². The zero-order chi connectivity index (χ0) is 19.2. The standard InChI is InChI=1S/C14H14F3N5O4/c15-14(16,17)8-26-7-11-3-1-10(2-4-11)5-18-12(23)6-21-9-19-13(20-21)22(24)25/h1-4,9H,5-8H2,(H,18,23). The van der Waals surface area contributed by atoms with Gasteiger partial charge in [0.1, 0.15) is 13.2 Å². The first-order valence-electron chi connectivity index (χ1n) is 7.26. The quantitative estimate of drug-likeness (QED) is 0.555. The first-order chi connectivity index (χ1) is 12.2. The highest BCUT2D eigenvalue weighted by Crippen LogP contribution is 2.15. The predicted molar refractivity (Wildman–Crippen MR) is 80.7 cm³/mol. The first-order valence-corrected chi connectivity index (χ1v) is 7.26. The third-order valence-electron chi connectivity index (χ3n) is 3.04. The van der Waals surface area contributed by atoms with E-state index in [9.17, 15) is 28.1 Å². The minimum absolute atomic E-state index is 0.169. The van der Waals surface area contributed by atoms with Crippen LogP contribution in [0.15, 0.2) is 30.6 Å². The van der Waals surface area contributed by atoms with Gasteiger partial charge in [-0.2, -0.15) is 17.9 Å². The summed E-state index contributed by atoms with van der Waals surface area (Å²) in [6.45, 7) is -1.54. The van der Waals surface area contributed by atoms with E-state index in [1.807, 2.05) is 0 Å². The Kier molecular flexibility index (Phi) is 6.22. The van der Waals surface area contributed by atoms with E-state index in [0.717, 1.165) is 16.6 Å². The van der Waals surface area contributed by atoms with Crippen LogP contribution in [0, 0.1) is 10.1 Å². The number of ether oxygens (including phenoxy) is 1. The second kappa shape index (κ2) is 8.38. The second-order valence-electron chi connectivity index (χ2n) is 5.20. The lowest BCUT2D eigenvalue weighted by Crippen LogP contribution is -2.27. The minimum Gasteiger partial charge on any atom is -0.390 e. The van der Waals surface area contributed by atoms with Crippen molar-refractivity contribution in [1.29, 1.82) is 0 Å². The van der Waals surface area contributed by atoms with Crippen molar-refractivity contribution >= 4 is 11.9 Å². The zero-order valence-corrected chi connectivity index (χ0v) is 13.3.